The van der Waals surface area contributed by atoms with Gasteiger partial charge in [-0.1, -0.05) is 13.2 Å². The molecule has 0 saturated carbocycles. The molecule has 0 radical (unpaired) electrons. The van der Waals surface area contributed by atoms with Gasteiger partial charge in [-0.05, 0) is 20.8 Å². The van der Waals surface area contributed by atoms with Crippen molar-refractivity contribution in [3.8, 4) is 0 Å². The van der Waals surface area contributed by atoms with Gasteiger partial charge in [-0.25, -0.2) is 9.59 Å². The minimum absolute atomic E-state index is 0.583. The van der Waals surface area contributed by atoms with Crippen molar-refractivity contribution in [3.05, 3.63) is 24.3 Å². The zero-order valence-electron chi connectivity index (χ0n) is 21.4. The molecule has 252 valence electrons. The number of esters is 2. The first-order valence-corrected chi connectivity index (χ1v) is 10.8. The van der Waals surface area contributed by atoms with Crippen LogP contribution in [0.3, 0.4) is 0 Å². The maximum atomic E-state index is 15.1. The van der Waals surface area contributed by atoms with Crippen LogP contribution >= 0.6 is 0 Å². The summed E-state index contributed by atoms with van der Waals surface area (Å²) >= 11 is 0. The second kappa shape index (κ2) is 12.3. The van der Waals surface area contributed by atoms with Gasteiger partial charge in [0.1, 0.15) is 0 Å². The number of hydrogen-bond donors (Lipinski definition) is 0. The van der Waals surface area contributed by atoms with Crippen LogP contribution in [0, 0.1) is 0 Å². The highest BCUT2D eigenvalue weighted by molar-refractivity contribution is 5.88. The third-order valence-corrected chi connectivity index (χ3v) is 5.12. The van der Waals surface area contributed by atoms with Crippen LogP contribution in [-0.2, 0) is 23.8 Å². The number of hydrogen-bond acceptors (Lipinski definition) is 5. The maximum absolute atomic E-state index is 15.1. The monoisotopic (exact) mass is 674 g/mol. The second-order valence-electron chi connectivity index (χ2n) is 8.56. The van der Waals surface area contributed by atoms with Crippen LogP contribution in [0.2, 0.25) is 0 Å². The van der Waals surface area contributed by atoms with Crippen molar-refractivity contribution in [1.29, 1.82) is 0 Å². The Balaban J connectivity index is 7.41. The van der Waals surface area contributed by atoms with E-state index in [-0.39, 0.29) is 0 Å². The molecule has 0 aromatic heterocycles. The fourth-order valence-corrected chi connectivity index (χ4v) is 2.61. The zero-order valence-corrected chi connectivity index (χ0v) is 21.4. The molecule has 2 atom stereocenters. The molecule has 0 rings (SSSR count). The van der Waals surface area contributed by atoms with Gasteiger partial charge in [0.15, 0.2) is 6.10 Å². The lowest BCUT2D eigenvalue weighted by atomic mass is 9.86. The van der Waals surface area contributed by atoms with Gasteiger partial charge >= 0.3 is 59.6 Å². The van der Waals surface area contributed by atoms with Crippen molar-refractivity contribution in [2.45, 2.75) is 80.6 Å². The Morgan fingerprint density at radius 2 is 0.907 bits per heavy atom. The molecule has 0 aromatic carbocycles. The van der Waals surface area contributed by atoms with E-state index in [1.807, 2.05) is 0 Å². The van der Waals surface area contributed by atoms with Gasteiger partial charge in [0.25, 0.3) is 0 Å². The lowest BCUT2D eigenvalue weighted by Crippen LogP contribution is -2.76. The number of rotatable bonds is 15. The van der Waals surface area contributed by atoms with Gasteiger partial charge in [0.05, 0.1) is 6.61 Å². The molecule has 0 amide bonds. The van der Waals surface area contributed by atoms with Crippen LogP contribution in [0.1, 0.15) is 20.8 Å². The van der Waals surface area contributed by atoms with Crippen LogP contribution in [0.4, 0.5) is 74.6 Å². The van der Waals surface area contributed by atoms with Gasteiger partial charge in [-0.2, -0.15) is 74.6 Å². The van der Waals surface area contributed by atoms with Gasteiger partial charge in [-0.15, -0.1) is 0 Å². The maximum Gasteiger partial charge on any atom is 0.460 e. The molecule has 5 nitrogen and oxygen atoms in total. The molecule has 0 saturated heterocycles. The first kappa shape index (κ1) is 40.2. The van der Waals surface area contributed by atoms with Gasteiger partial charge in [0, 0.05) is 17.8 Å². The summed E-state index contributed by atoms with van der Waals surface area (Å²) in [6.07, 6.45) is -15.6. The minimum atomic E-state index is -8.86. The van der Waals surface area contributed by atoms with E-state index in [4.69, 9.17) is 0 Å². The molecule has 22 heteroatoms. The number of halogens is 17. The molecule has 0 aliphatic heterocycles. The van der Waals surface area contributed by atoms with Crippen molar-refractivity contribution in [2.75, 3.05) is 13.2 Å². The third kappa shape index (κ3) is 6.66. The molecule has 0 heterocycles. The van der Waals surface area contributed by atoms with Crippen LogP contribution in [0.15, 0.2) is 24.3 Å². The van der Waals surface area contributed by atoms with Crippen molar-refractivity contribution in [2.24, 2.45) is 0 Å². The number of ether oxygens (including phenoxy) is 3. The summed E-state index contributed by atoms with van der Waals surface area (Å²) in [7, 11) is 0. The molecule has 0 bridgehead atoms. The highest BCUT2D eigenvalue weighted by Crippen LogP contribution is 2.64. The predicted octanol–water partition coefficient (Wildman–Crippen LogP) is 7.01. The molecule has 43 heavy (non-hydrogen) atoms. The van der Waals surface area contributed by atoms with Crippen molar-refractivity contribution >= 4 is 11.9 Å². The Bertz CT molecular complexity index is 1060. The molecular weight excluding hydrogens is 655 g/mol. The van der Waals surface area contributed by atoms with E-state index in [1.54, 1.807) is 0 Å². The molecule has 0 spiro atoms. The van der Waals surface area contributed by atoms with E-state index >= 15 is 8.78 Å². The fraction of sp³-hybridized carbons (Fsp3) is 0.714. The second-order valence-corrected chi connectivity index (χ2v) is 8.56. The van der Waals surface area contributed by atoms with Gasteiger partial charge < -0.3 is 14.2 Å². The summed E-state index contributed by atoms with van der Waals surface area (Å²) in [6, 6.07) is 0. The van der Waals surface area contributed by atoms with E-state index < -0.39 is 96.1 Å². The van der Waals surface area contributed by atoms with E-state index in [9.17, 15) is 75.4 Å². The molecule has 0 aliphatic rings. The van der Waals surface area contributed by atoms with Gasteiger partial charge in [-0.3, -0.25) is 0 Å². The fourth-order valence-electron chi connectivity index (χ4n) is 2.61. The van der Waals surface area contributed by atoms with Crippen LogP contribution < -0.4 is 0 Å². The highest BCUT2D eigenvalue weighted by Gasteiger charge is 2.95. The minimum Gasteiger partial charge on any atom is -0.452 e. The summed E-state index contributed by atoms with van der Waals surface area (Å²) in [5.41, 5.74) is -1.81. The Labute approximate surface area is 229 Å². The Morgan fingerprint density at radius 3 is 1.23 bits per heavy atom. The standard InChI is InChI=1S/C21H19F17O5/c1-6-41-7-10(42-12(39)8(2)3)11(43-13(40)9(4)5)14(22,23)15(24,25)16(26,27)17(28,29)18(30,31)19(32,33)20(34,35)21(36,37)38/h10-11H,2,4,6-7H2,1,3,5H3. The number of carbonyl (C=O) groups excluding carboxylic acids is 2. The molecular formula is C21H19F17O5. The average Bonchev–Trinajstić information content (AvgIpc) is 2.82. The molecule has 0 aromatic rings. The SMILES string of the molecule is C=C(C)C(=O)OC(COCC)C(OC(=O)C(=C)C)C(F)(F)C(F)(F)C(F)(F)C(F)(F)C(F)(F)C(F)(F)C(F)(F)C(F)(F)F. The zero-order chi connectivity index (χ0) is 35.0. The lowest BCUT2D eigenvalue weighted by molar-refractivity contribution is -0.464. The topological polar surface area (TPSA) is 61.8 Å². The third-order valence-electron chi connectivity index (χ3n) is 5.12. The normalized spacial score (nSPS) is 15.9. The summed E-state index contributed by atoms with van der Waals surface area (Å²) in [5.74, 6) is -63.0. The average molecular weight is 674 g/mol. The summed E-state index contributed by atoms with van der Waals surface area (Å²) in [4.78, 5) is 23.6. The Hall–Kier alpha value is -2.81. The van der Waals surface area contributed by atoms with E-state index in [2.05, 4.69) is 27.4 Å². The van der Waals surface area contributed by atoms with Gasteiger partial charge in [0.2, 0.25) is 6.10 Å². The first-order chi connectivity index (χ1) is 18.8. The number of alkyl halides is 17. The highest BCUT2D eigenvalue weighted by atomic mass is 19.4. The van der Waals surface area contributed by atoms with E-state index in [0.717, 1.165) is 13.8 Å². The lowest BCUT2D eigenvalue weighted by Gasteiger charge is -2.44. The van der Waals surface area contributed by atoms with Crippen molar-refractivity contribution < 1.29 is 98.4 Å². The number of carbonyl (C=O) groups is 2. The Morgan fingerprint density at radius 1 is 0.581 bits per heavy atom. The smallest absolute Gasteiger partial charge is 0.452 e. The van der Waals surface area contributed by atoms with E-state index in [0.29, 0.717) is 6.92 Å². The van der Waals surface area contributed by atoms with Crippen molar-refractivity contribution in [1.82, 2.24) is 0 Å². The summed E-state index contributed by atoms with van der Waals surface area (Å²) < 4.78 is 246. The summed E-state index contributed by atoms with van der Waals surface area (Å²) in [6.45, 7) is 5.81. The van der Waals surface area contributed by atoms with Crippen LogP contribution in [0.5, 0.6) is 0 Å². The predicted molar refractivity (Wildman–Crippen MR) is 107 cm³/mol. The molecule has 0 aliphatic carbocycles. The molecule has 0 N–H and O–H groups in total. The van der Waals surface area contributed by atoms with Crippen LogP contribution in [-0.4, -0.2) is 85.0 Å². The molecule has 0 fully saturated rings. The quantitative estimate of drug-likeness (QED) is 0.106. The van der Waals surface area contributed by atoms with Crippen LogP contribution in [0.25, 0.3) is 0 Å². The Kier molecular flexibility index (Phi) is 11.5. The molecule has 2 unspecified atom stereocenters. The van der Waals surface area contributed by atoms with E-state index in [1.165, 1.54) is 0 Å². The summed E-state index contributed by atoms with van der Waals surface area (Å²) in [5, 5.41) is 0. The van der Waals surface area contributed by atoms with Crippen molar-refractivity contribution in [3.63, 3.8) is 0 Å². The largest absolute Gasteiger partial charge is 0.460 e. The first-order valence-electron chi connectivity index (χ1n) is 10.8.